The predicted octanol–water partition coefficient (Wildman–Crippen LogP) is 4.11. The molecule has 8 heteroatoms. The van der Waals surface area contributed by atoms with Gasteiger partial charge in [-0.1, -0.05) is 18.6 Å². The van der Waals surface area contributed by atoms with Gasteiger partial charge in [0.15, 0.2) is 5.82 Å². The molecule has 0 saturated heterocycles. The van der Waals surface area contributed by atoms with Crippen LogP contribution in [0, 0.1) is 13.8 Å². The molecular weight excluding hydrogens is 450 g/mol. The summed E-state index contributed by atoms with van der Waals surface area (Å²) < 4.78 is 2.05. The highest BCUT2D eigenvalue weighted by Gasteiger charge is 2.21. The molecule has 2 aromatic heterocycles. The van der Waals surface area contributed by atoms with Crippen molar-refractivity contribution in [2.24, 2.45) is 7.05 Å². The molecule has 0 fully saturated rings. The summed E-state index contributed by atoms with van der Waals surface area (Å²) in [5.41, 5.74) is 6.17. The number of imidazole rings is 1. The molecule has 0 radical (unpaired) electrons. The number of hydrogen-bond acceptors (Lipinski definition) is 6. The number of likely N-dealkylation sites (N-methyl/N-ethyl adjacent to an activating group) is 1. The normalized spacial score (nSPS) is 11.2. The third kappa shape index (κ3) is 5.39. The predicted molar refractivity (Wildman–Crippen MR) is 145 cm³/mol. The number of amides is 1. The van der Waals surface area contributed by atoms with E-state index >= 15 is 0 Å². The van der Waals surface area contributed by atoms with Crippen molar-refractivity contribution >= 4 is 22.5 Å². The molecule has 1 amide bonds. The molecule has 0 atom stereocenters. The van der Waals surface area contributed by atoms with Gasteiger partial charge in [0.2, 0.25) is 0 Å². The van der Waals surface area contributed by atoms with Crippen LogP contribution in [0.4, 0.5) is 5.69 Å². The number of aryl methyl sites for hydroxylation is 3. The van der Waals surface area contributed by atoms with Gasteiger partial charge in [-0.05, 0) is 56.8 Å². The van der Waals surface area contributed by atoms with Crippen LogP contribution < -0.4 is 10.6 Å². The topological polar surface area (TPSA) is 88.0 Å². The van der Waals surface area contributed by atoms with E-state index in [1.807, 2.05) is 56.0 Å². The van der Waals surface area contributed by atoms with Crippen molar-refractivity contribution in [1.29, 1.82) is 0 Å². The molecule has 2 N–H and O–H groups in total. The monoisotopic (exact) mass is 485 g/mol. The Labute approximate surface area is 212 Å². The molecule has 2 aromatic carbocycles. The molecule has 0 aliphatic rings. The molecular formula is C28H35N7O. The average Bonchev–Trinajstić information content (AvgIpc) is 3.21. The van der Waals surface area contributed by atoms with E-state index in [9.17, 15) is 4.79 Å². The van der Waals surface area contributed by atoms with Gasteiger partial charge in [-0.15, -0.1) is 0 Å². The third-order valence-corrected chi connectivity index (χ3v) is 6.34. The van der Waals surface area contributed by atoms with Gasteiger partial charge in [0.05, 0.1) is 24.0 Å². The van der Waals surface area contributed by atoms with Gasteiger partial charge >= 0.3 is 0 Å². The summed E-state index contributed by atoms with van der Waals surface area (Å²) in [6.07, 6.45) is 2.68. The number of nitrogens with zero attached hydrogens (tertiary/aromatic N) is 5. The first-order chi connectivity index (χ1) is 17.3. The van der Waals surface area contributed by atoms with Crippen LogP contribution in [0.2, 0.25) is 0 Å². The van der Waals surface area contributed by atoms with E-state index in [4.69, 9.17) is 9.97 Å². The molecule has 188 valence electrons. The number of rotatable bonds is 9. The lowest BCUT2D eigenvalue weighted by atomic mass is 10.1. The standard InChI is InChI=1S/C28H35N7O/c1-7-25-31-16-22(35(25)6)17-34(5)28(36)26-23-14-18(2)8-9-24(23)32-27(33-26)20-12-19(3)13-21(15-20)30-11-10-29-4/h8-9,12-16,29-30H,7,10-11,17H2,1-6H3. The van der Waals surface area contributed by atoms with Gasteiger partial charge < -0.3 is 20.1 Å². The number of carbonyl (C=O) groups excluding carboxylic acids is 1. The number of carbonyl (C=O) groups is 1. The highest BCUT2D eigenvalue weighted by molar-refractivity contribution is 6.05. The molecule has 36 heavy (non-hydrogen) atoms. The quantitative estimate of drug-likeness (QED) is 0.347. The third-order valence-electron chi connectivity index (χ3n) is 6.34. The smallest absolute Gasteiger partial charge is 0.273 e. The molecule has 0 spiro atoms. The van der Waals surface area contributed by atoms with E-state index in [0.29, 0.717) is 18.1 Å². The minimum absolute atomic E-state index is 0.145. The SMILES string of the molecule is CCc1ncc(CN(C)C(=O)c2nc(-c3cc(C)cc(NCCNC)c3)nc3ccc(C)cc23)n1C. The Hall–Kier alpha value is -3.78. The Morgan fingerprint density at radius 2 is 1.86 bits per heavy atom. The Kier molecular flexibility index (Phi) is 7.64. The summed E-state index contributed by atoms with van der Waals surface area (Å²) in [5.74, 6) is 1.39. The average molecular weight is 486 g/mol. The molecule has 0 unspecified atom stereocenters. The van der Waals surface area contributed by atoms with Crippen LogP contribution in [0.1, 0.15) is 40.1 Å². The summed E-state index contributed by atoms with van der Waals surface area (Å²) in [6, 6.07) is 12.2. The van der Waals surface area contributed by atoms with Crippen molar-refractivity contribution in [1.82, 2.24) is 29.7 Å². The van der Waals surface area contributed by atoms with Crippen molar-refractivity contribution in [3.8, 4) is 11.4 Å². The maximum atomic E-state index is 13.7. The molecule has 4 rings (SSSR count). The molecule has 0 saturated carbocycles. The maximum Gasteiger partial charge on any atom is 0.273 e. The fraction of sp³-hybridized carbons (Fsp3) is 0.357. The number of fused-ring (bicyclic) bond motifs is 1. The highest BCUT2D eigenvalue weighted by atomic mass is 16.2. The van der Waals surface area contributed by atoms with Crippen molar-refractivity contribution in [3.05, 3.63) is 70.9 Å². The second-order valence-corrected chi connectivity index (χ2v) is 9.27. The number of anilines is 1. The van der Waals surface area contributed by atoms with Crippen molar-refractivity contribution < 1.29 is 4.79 Å². The van der Waals surface area contributed by atoms with Crippen molar-refractivity contribution in [2.45, 2.75) is 33.7 Å². The van der Waals surface area contributed by atoms with Gasteiger partial charge in [0.25, 0.3) is 5.91 Å². The van der Waals surface area contributed by atoms with Crippen LogP contribution in [0.15, 0.2) is 42.6 Å². The number of benzene rings is 2. The number of hydrogen-bond donors (Lipinski definition) is 2. The van der Waals surface area contributed by atoms with Crippen LogP contribution in [0.3, 0.4) is 0 Å². The summed E-state index contributed by atoms with van der Waals surface area (Å²) in [6.45, 7) is 8.24. The lowest BCUT2D eigenvalue weighted by molar-refractivity contribution is 0.0778. The van der Waals surface area contributed by atoms with Crippen LogP contribution in [0.25, 0.3) is 22.3 Å². The fourth-order valence-electron chi connectivity index (χ4n) is 4.34. The first kappa shape index (κ1) is 25.3. The number of nitrogens with one attached hydrogen (secondary N) is 2. The van der Waals surface area contributed by atoms with Crippen LogP contribution >= 0.6 is 0 Å². The molecule has 0 bridgehead atoms. The first-order valence-electron chi connectivity index (χ1n) is 12.3. The largest absolute Gasteiger partial charge is 0.384 e. The van der Waals surface area contributed by atoms with E-state index in [1.165, 1.54) is 0 Å². The maximum absolute atomic E-state index is 13.7. The minimum Gasteiger partial charge on any atom is -0.384 e. The summed E-state index contributed by atoms with van der Waals surface area (Å²) >= 11 is 0. The highest BCUT2D eigenvalue weighted by Crippen LogP contribution is 2.27. The lowest BCUT2D eigenvalue weighted by Gasteiger charge is -2.19. The van der Waals surface area contributed by atoms with Crippen molar-refractivity contribution in [3.63, 3.8) is 0 Å². The van der Waals surface area contributed by atoms with E-state index in [2.05, 4.69) is 41.6 Å². The summed E-state index contributed by atoms with van der Waals surface area (Å²) in [4.78, 5) is 29.6. The van der Waals surface area contributed by atoms with Gasteiger partial charge in [-0.3, -0.25) is 4.79 Å². The van der Waals surface area contributed by atoms with Crippen molar-refractivity contribution in [2.75, 3.05) is 32.5 Å². The van der Waals surface area contributed by atoms with Gasteiger partial charge in [0, 0.05) is 50.2 Å². The second kappa shape index (κ2) is 10.9. The van der Waals surface area contributed by atoms with Gasteiger partial charge in [-0.25, -0.2) is 15.0 Å². The molecule has 8 nitrogen and oxygen atoms in total. The molecule has 2 heterocycles. The summed E-state index contributed by atoms with van der Waals surface area (Å²) in [7, 11) is 5.72. The number of aromatic nitrogens is 4. The zero-order valence-corrected chi connectivity index (χ0v) is 22.0. The van der Waals surface area contributed by atoms with E-state index in [0.717, 1.165) is 64.3 Å². The first-order valence-corrected chi connectivity index (χ1v) is 12.3. The van der Waals surface area contributed by atoms with E-state index < -0.39 is 0 Å². The van der Waals surface area contributed by atoms with Gasteiger partial charge in [0.1, 0.15) is 11.5 Å². The zero-order chi connectivity index (χ0) is 25.8. The Balaban J connectivity index is 1.74. The molecule has 0 aliphatic carbocycles. The summed E-state index contributed by atoms with van der Waals surface area (Å²) in [5, 5.41) is 7.34. The molecule has 4 aromatic rings. The molecule has 0 aliphatic heterocycles. The Morgan fingerprint density at radius 3 is 2.58 bits per heavy atom. The zero-order valence-electron chi connectivity index (χ0n) is 22.0. The fourth-order valence-corrected chi connectivity index (χ4v) is 4.34. The van der Waals surface area contributed by atoms with Crippen LogP contribution in [0.5, 0.6) is 0 Å². The minimum atomic E-state index is -0.145. The van der Waals surface area contributed by atoms with E-state index in [-0.39, 0.29) is 5.91 Å². The van der Waals surface area contributed by atoms with E-state index in [1.54, 1.807) is 11.9 Å². The Bertz CT molecular complexity index is 1390. The van der Waals surface area contributed by atoms with Gasteiger partial charge in [-0.2, -0.15) is 0 Å². The lowest BCUT2D eigenvalue weighted by Crippen LogP contribution is -2.28. The van der Waals surface area contributed by atoms with Crippen LogP contribution in [-0.4, -0.2) is 57.5 Å². The van der Waals surface area contributed by atoms with Crippen LogP contribution in [-0.2, 0) is 20.0 Å². The second-order valence-electron chi connectivity index (χ2n) is 9.27. The Morgan fingerprint density at radius 1 is 1.06 bits per heavy atom.